The molecule has 0 aromatic carbocycles. The fourth-order valence-electron chi connectivity index (χ4n) is 1.24. The molecule has 0 atom stereocenters. The molecule has 2 heterocycles. The molecule has 9 heteroatoms. The van der Waals surface area contributed by atoms with E-state index in [0.717, 1.165) is 0 Å². The third kappa shape index (κ3) is 12.2. The van der Waals surface area contributed by atoms with Crippen LogP contribution in [0, 0.1) is 0 Å². The molecule has 0 spiro atoms. The van der Waals surface area contributed by atoms with Gasteiger partial charge < -0.3 is 31.6 Å². The Morgan fingerprint density at radius 2 is 1.11 bits per heavy atom. The van der Waals surface area contributed by atoms with Gasteiger partial charge in [0, 0.05) is 0 Å². The molecule has 0 saturated carbocycles. The minimum Gasteiger partial charge on any atom is -0.443 e. The van der Waals surface area contributed by atoms with Gasteiger partial charge >= 0.3 is 16.5 Å². The Balaban J connectivity index is -0.000000384. The van der Waals surface area contributed by atoms with E-state index in [1.807, 2.05) is 0 Å². The number of rotatable bonds is 4. The van der Waals surface area contributed by atoms with Crippen LogP contribution in [0.1, 0.15) is 13.8 Å². The van der Waals surface area contributed by atoms with E-state index < -0.39 is 0 Å². The topological polar surface area (TPSA) is 151 Å². The molecule has 2 aromatic heterocycles. The quantitative estimate of drug-likeness (QED) is 0.555. The van der Waals surface area contributed by atoms with Gasteiger partial charge in [-0.3, -0.25) is 9.59 Å². The van der Waals surface area contributed by atoms with E-state index in [-0.39, 0.29) is 39.3 Å². The zero-order chi connectivity index (χ0) is 17.9. The van der Waals surface area contributed by atoms with Crippen molar-refractivity contribution in [2.75, 3.05) is 0 Å². The smallest absolute Gasteiger partial charge is 0.443 e. The zero-order valence-electron chi connectivity index (χ0n) is 15.0. The van der Waals surface area contributed by atoms with Crippen LogP contribution in [0.25, 0.3) is 10.6 Å². The first-order valence-corrected chi connectivity index (χ1v) is 7.05. The van der Waals surface area contributed by atoms with Crippen molar-refractivity contribution in [3.05, 3.63) is 83.7 Å². The molecule has 0 radical (unpaired) electrons. The Bertz CT molecular complexity index is 661. The average molecular weight is 417 g/mol. The SMILES string of the molecule is C=C(C)C(=O)[N-]c1ccccn1.C=C(C)C(=O)[N-]c1ccccn1.O.O.[Ni+2]. The van der Waals surface area contributed by atoms with Gasteiger partial charge in [-0.2, -0.15) is 0 Å². The van der Waals surface area contributed by atoms with E-state index in [9.17, 15) is 9.59 Å². The predicted molar refractivity (Wildman–Crippen MR) is 101 cm³/mol. The van der Waals surface area contributed by atoms with Crippen molar-refractivity contribution < 1.29 is 37.0 Å². The van der Waals surface area contributed by atoms with Crippen LogP contribution in [-0.2, 0) is 26.1 Å². The van der Waals surface area contributed by atoms with Gasteiger partial charge in [-0.05, 0) is 25.0 Å². The number of carbonyl (C=O) groups is 2. The van der Waals surface area contributed by atoms with Crippen LogP contribution in [0.15, 0.2) is 73.1 Å². The van der Waals surface area contributed by atoms with Gasteiger partial charge in [0.05, 0.1) is 0 Å². The molecular weight excluding hydrogens is 395 g/mol. The molecule has 4 N–H and O–H groups in total. The number of nitrogens with zero attached hydrogens (tertiary/aromatic N) is 4. The van der Waals surface area contributed by atoms with E-state index >= 15 is 0 Å². The average Bonchev–Trinajstić information content (AvgIpc) is 2.57. The number of amides is 2. The van der Waals surface area contributed by atoms with Crippen LogP contribution < -0.4 is 0 Å². The van der Waals surface area contributed by atoms with Crippen LogP contribution in [-0.4, -0.2) is 32.7 Å². The third-order valence-electron chi connectivity index (χ3n) is 2.46. The maximum absolute atomic E-state index is 11.0. The summed E-state index contributed by atoms with van der Waals surface area (Å²) in [5.74, 6) is 0.193. The molecule has 2 amide bonds. The van der Waals surface area contributed by atoms with Gasteiger partial charge in [-0.15, -0.1) is 0 Å². The minimum absolute atomic E-state index is 0. The van der Waals surface area contributed by atoms with Gasteiger partial charge in [0.15, 0.2) is 11.8 Å². The van der Waals surface area contributed by atoms with Gasteiger partial charge in [0.25, 0.3) is 0 Å². The molecule has 2 aromatic rings. The number of hydrogen-bond acceptors (Lipinski definition) is 4. The molecule has 0 aliphatic carbocycles. The Labute approximate surface area is 168 Å². The van der Waals surface area contributed by atoms with Crippen LogP contribution >= 0.6 is 0 Å². The summed E-state index contributed by atoms with van der Waals surface area (Å²) in [5, 5.41) is 7.42. The fourth-order valence-corrected chi connectivity index (χ4v) is 1.24. The molecule has 0 fully saturated rings. The first-order valence-electron chi connectivity index (χ1n) is 7.05. The number of carbonyl (C=O) groups excluding carboxylic acids is 2. The molecule has 2 rings (SSSR count). The summed E-state index contributed by atoms with van der Waals surface area (Å²) in [4.78, 5) is 29.8. The van der Waals surface area contributed by atoms with Crippen molar-refractivity contribution in [2.24, 2.45) is 0 Å². The minimum atomic E-state index is -0.325. The van der Waals surface area contributed by atoms with Crippen molar-refractivity contribution in [1.29, 1.82) is 0 Å². The van der Waals surface area contributed by atoms with Gasteiger partial charge in [-0.25, -0.2) is 0 Å². The number of aromatic nitrogens is 2. The summed E-state index contributed by atoms with van der Waals surface area (Å²) >= 11 is 0. The van der Waals surface area contributed by atoms with Crippen molar-refractivity contribution in [3.8, 4) is 0 Å². The van der Waals surface area contributed by atoms with E-state index in [0.29, 0.717) is 22.8 Å². The van der Waals surface area contributed by atoms with E-state index in [1.165, 1.54) is 0 Å². The summed E-state index contributed by atoms with van der Waals surface area (Å²) in [5.41, 5.74) is 0.835. The number of pyridine rings is 2. The van der Waals surface area contributed by atoms with Crippen molar-refractivity contribution in [2.45, 2.75) is 13.8 Å². The van der Waals surface area contributed by atoms with Crippen molar-refractivity contribution >= 4 is 23.5 Å². The molecule has 0 aliphatic rings. The summed E-state index contributed by atoms with van der Waals surface area (Å²) in [6.45, 7) is 10.2. The van der Waals surface area contributed by atoms with Gasteiger partial charge in [0.1, 0.15) is 0 Å². The van der Waals surface area contributed by atoms with E-state index in [4.69, 9.17) is 0 Å². The number of hydrogen-bond donors (Lipinski definition) is 0. The predicted octanol–water partition coefficient (Wildman–Crippen LogP) is 2.73. The molecule has 0 bridgehead atoms. The van der Waals surface area contributed by atoms with Crippen LogP contribution in [0.4, 0.5) is 11.6 Å². The third-order valence-corrected chi connectivity index (χ3v) is 2.46. The zero-order valence-corrected chi connectivity index (χ0v) is 15.9. The van der Waals surface area contributed by atoms with Gasteiger partial charge in [0.2, 0.25) is 0 Å². The van der Waals surface area contributed by atoms with Gasteiger partial charge in [-0.1, -0.05) is 73.6 Å². The standard InChI is InChI=1S/2C9H10N2O.Ni.2H2O/c2*1-7(2)9(12)11-8-5-3-4-6-10-8;;;/h2*3-6H,1H2,2H3,(H,10,11,12);;2*1H2/q;;+2;;/p-2. The Morgan fingerprint density at radius 3 is 1.33 bits per heavy atom. The Morgan fingerprint density at radius 1 is 0.778 bits per heavy atom. The summed E-state index contributed by atoms with van der Waals surface area (Å²) < 4.78 is 0. The summed E-state index contributed by atoms with van der Waals surface area (Å²) in [7, 11) is 0. The second-order valence-corrected chi connectivity index (χ2v) is 4.77. The molecule has 0 unspecified atom stereocenters. The Hall–Kier alpha value is -2.87. The largest absolute Gasteiger partial charge is 2.00 e. The second-order valence-electron chi connectivity index (χ2n) is 4.77. The molecule has 148 valence electrons. The molecule has 0 aliphatic heterocycles. The first-order chi connectivity index (χ1) is 11.4. The maximum Gasteiger partial charge on any atom is 2.00 e. The second kappa shape index (κ2) is 15.4. The summed E-state index contributed by atoms with van der Waals surface area (Å²) in [6.07, 6.45) is 3.18. The monoisotopic (exact) mass is 416 g/mol. The molecule has 27 heavy (non-hydrogen) atoms. The van der Waals surface area contributed by atoms with E-state index in [1.54, 1.807) is 62.6 Å². The Kier molecular flexibility index (Phi) is 16.5. The van der Waals surface area contributed by atoms with Crippen LogP contribution in [0.5, 0.6) is 0 Å². The van der Waals surface area contributed by atoms with Crippen LogP contribution in [0.3, 0.4) is 0 Å². The van der Waals surface area contributed by atoms with Crippen molar-refractivity contribution in [1.82, 2.24) is 9.97 Å². The summed E-state index contributed by atoms with van der Waals surface area (Å²) in [6, 6.07) is 10.4. The maximum atomic E-state index is 11.0. The van der Waals surface area contributed by atoms with E-state index in [2.05, 4.69) is 33.8 Å². The molecular formula is C18H22N4NiO4. The normalized spacial score (nSPS) is 8.07. The fraction of sp³-hybridized carbons (Fsp3) is 0.111. The molecule has 0 saturated heterocycles. The molecule has 8 nitrogen and oxygen atoms in total. The van der Waals surface area contributed by atoms with Crippen LogP contribution in [0.2, 0.25) is 0 Å². The first kappa shape index (κ1) is 28.9. The van der Waals surface area contributed by atoms with Crippen molar-refractivity contribution in [3.63, 3.8) is 0 Å².